The van der Waals surface area contributed by atoms with E-state index in [1.54, 1.807) is 24.3 Å². The minimum absolute atomic E-state index is 0.129. The van der Waals surface area contributed by atoms with Crippen molar-refractivity contribution >= 4 is 15.7 Å². The summed E-state index contributed by atoms with van der Waals surface area (Å²) in [5, 5.41) is 3.15. The summed E-state index contributed by atoms with van der Waals surface area (Å²) in [7, 11) is -3.35. The molecule has 0 bridgehead atoms. The fraction of sp³-hybridized carbons (Fsp3) is 0.385. The lowest BCUT2D eigenvalue weighted by molar-refractivity contribution is 0.581. The van der Waals surface area contributed by atoms with E-state index in [1.165, 1.54) is 0 Å². The van der Waals surface area contributed by atoms with E-state index < -0.39 is 10.0 Å². The summed E-state index contributed by atoms with van der Waals surface area (Å²) >= 11 is 0. The molecule has 0 saturated heterocycles. The van der Waals surface area contributed by atoms with E-state index in [0.29, 0.717) is 18.0 Å². The first-order chi connectivity index (χ1) is 9.12. The van der Waals surface area contributed by atoms with Crippen molar-refractivity contribution in [2.75, 3.05) is 18.4 Å². The molecule has 2 rings (SSSR count). The number of rotatable bonds is 7. The lowest BCUT2D eigenvalue weighted by atomic mass is 10.3. The number of nitrogens with one attached hydrogen (secondary N) is 2. The second-order valence-electron chi connectivity index (χ2n) is 4.51. The van der Waals surface area contributed by atoms with Crippen molar-refractivity contribution in [1.82, 2.24) is 4.72 Å². The molecule has 0 unspecified atom stereocenters. The molecule has 1 fully saturated rings. The van der Waals surface area contributed by atoms with Gasteiger partial charge in [-0.05, 0) is 37.1 Å². The Morgan fingerprint density at radius 2 is 1.89 bits per heavy atom. The summed E-state index contributed by atoms with van der Waals surface area (Å²) in [4.78, 5) is 0.308. The molecule has 0 radical (unpaired) electrons. The zero-order valence-electron chi connectivity index (χ0n) is 10.7. The zero-order chi connectivity index (χ0) is 13.7. The lowest BCUT2D eigenvalue weighted by Gasteiger charge is -2.07. The average molecular weight is 281 g/mol. The van der Waals surface area contributed by atoms with E-state index in [2.05, 4.69) is 10.0 Å². The van der Waals surface area contributed by atoms with Crippen LogP contribution in [0.3, 0.4) is 0 Å². The van der Waals surface area contributed by atoms with Crippen molar-refractivity contribution in [3.8, 4) is 0 Å². The molecular formula is C13H19N3O2S. The molecule has 0 aliphatic heterocycles. The molecule has 1 saturated carbocycles. The molecule has 0 aromatic heterocycles. The molecule has 1 aromatic rings. The average Bonchev–Trinajstić information content (AvgIpc) is 3.18. The molecule has 0 atom stereocenters. The Balaban J connectivity index is 1.95. The van der Waals surface area contributed by atoms with E-state index in [-0.39, 0.29) is 6.04 Å². The summed E-state index contributed by atoms with van der Waals surface area (Å²) in [5.41, 5.74) is 6.21. The van der Waals surface area contributed by atoms with Gasteiger partial charge in [-0.1, -0.05) is 12.2 Å². The van der Waals surface area contributed by atoms with Gasteiger partial charge in [-0.2, -0.15) is 0 Å². The molecule has 0 heterocycles. The van der Waals surface area contributed by atoms with Crippen LogP contribution in [0.2, 0.25) is 0 Å². The summed E-state index contributed by atoms with van der Waals surface area (Å²) in [5.74, 6) is 0. The highest BCUT2D eigenvalue weighted by Gasteiger charge is 2.27. The second-order valence-corrected chi connectivity index (χ2v) is 6.22. The van der Waals surface area contributed by atoms with Crippen molar-refractivity contribution in [2.45, 2.75) is 23.8 Å². The lowest BCUT2D eigenvalue weighted by Crippen LogP contribution is -2.25. The SMILES string of the molecule is NC/C=C/CNc1ccc(S(=O)(=O)NC2CC2)cc1. The van der Waals surface area contributed by atoms with E-state index in [4.69, 9.17) is 5.73 Å². The predicted molar refractivity (Wildman–Crippen MR) is 76.5 cm³/mol. The summed E-state index contributed by atoms with van der Waals surface area (Å²) < 4.78 is 26.5. The molecule has 1 aliphatic carbocycles. The molecule has 19 heavy (non-hydrogen) atoms. The smallest absolute Gasteiger partial charge is 0.240 e. The highest BCUT2D eigenvalue weighted by atomic mass is 32.2. The molecule has 6 heteroatoms. The van der Waals surface area contributed by atoms with Crippen LogP contribution in [0, 0.1) is 0 Å². The normalized spacial score (nSPS) is 15.8. The van der Waals surface area contributed by atoms with E-state index in [0.717, 1.165) is 18.5 Å². The zero-order valence-corrected chi connectivity index (χ0v) is 11.5. The monoisotopic (exact) mass is 281 g/mol. The molecule has 1 aromatic carbocycles. The minimum Gasteiger partial charge on any atom is -0.382 e. The first-order valence-corrected chi connectivity index (χ1v) is 7.81. The van der Waals surface area contributed by atoms with E-state index in [1.807, 2.05) is 12.2 Å². The largest absolute Gasteiger partial charge is 0.382 e. The third-order valence-corrected chi connectivity index (χ3v) is 4.33. The third kappa shape index (κ3) is 4.34. The Labute approximate surface area is 113 Å². The van der Waals surface area contributed by atoms with Crippen LogP contribution in [0.25, 0.3) is 0 Å². The summed E-state index contributed by atoms with van der Waals surface area (Å²) in [6.07, 6.45) is 5.67. The molecule has 4 N–H and O–H groups in total. The van der Waals surface area contributed by atoms with Crippen LogP contribution in [0.4, 0.5) is 5.69 Å². The summed E-state index contributed by atoms with van der Waals surface area (Å²) in [6.45, 7) is 1.19. The van der Waals surface area contributed by atoms with Crippen molar-refractivity contribution < 1.29 is 8.42 Å². The number of nitrogens with two attached hydrogens (primary N) is 1. The molecule has 0 spiro atoms. The Kier molecular flexibility index (Phi) is 4.57. The van der Waals surface area contributed by atoms with Gasteiger partial charge in [0.05, 0.1) is 4.90 Å². The van der Waals surface area contributed by atoms with Crippen molar-refractivity contribution in [3.05, 3.63) is 36.4 Å². The van der Waals surface area contributed by atoms with Gasteiger partial charge in [0.1, 0.15) is 0 Å². The van der Waals surface area contributed by atoms with Crippen LogP contribution in [-0.4, -0.2) is 27.5 Å². The first-order valence-electron chi connectivity index (χ1n) is 6.33. The van der Waals surface area contributed by atoms with Crippen molar-refractivity contribution in [1.29, 1.82) is 0 Å². The number of sulfonamides is 1. The third-order valence-electron chi connectivity index (χ3n) is 2.79. The number of hydrogen-bond donors (Lipinski definition) is 3. The van der Waals surface area contributed by atoms with E-state index >= 15 is 0 Å². The molecule has 0 amide bonds. The Hall–Kier alpha value is -1.37. The van der Waals surface area contributed by atoms with E-state index in [9.17, 15) is 8.42 Å². The van der Waals surface area contributed by atoms with Crippen molar-refractivity contribution in [3.63, 3.8) is 0 Å². The van der Waals surface area contributed by atoms with Crippen molar-refractivity contribution in [2.24, 2.45) is 5.73 Å². The highest BCUT2D eigenvalue weighted by Crippen LogP contribution is 2.22. The second kappa shape index (κ2) is 6.18. The highest BCUT2D eigenvalue weighted by molar-refractivity contribution is 7.89. The topological polar surface area (TPSA) is 84.2 Å². The molecule has 5 nitrogen and oxygen atoms in total. The van der Waals surface area contributed by atoms with Gasteiger partial charge in [0.25, 0.3) is 0 Å². The van der Waals surface area contributed by atoms with Gasteiger partial charge in [0, 0.05) is 24.8 Å². The van der Waals surface area contributed by atoms with Crippen LogP contribution in [0.1, 0.15) is 12.8 Å². The fourth-order valence-corrected chi connectivity index (χ4v) is 2.90. The number of hydrogen-bond acceptors (Lipinski definition) is 4. The van der Waals surface area contributed by atoms with Crippen LogP contribution < -0.4 is 15.8 Å². The Morgan fingerprint density at radius 1 is 1.21 bits per heavy atom. The maximum Gasteiger partial charge on any atom is 0.240 e. The molecule has 1 aliphatic rings. The Bertz CT molecular complexity index is 534. The van der Waals surface area contributed by atoms with Gasteiger partial charge in [0.15, 0.2) is 0 Å². The van der Waals surface area contributed by atoms with Gasteiger partial charge >= 0.3 is 0 Å². The fourth-order valence-electron chi connectivity index (χ4n) is 1.60. The number of anilines is 1. The van der Waals surface area contributed by atoms with Crippen LogP contribution in [0.15, 0.2) is 41.3 Å². The van der Waals surface area contributed by atoms with Crippen LogP contribution in [-0.2, 0) is 10.0 Å². The standard InChI is InChI=1S/C13H19N3O2S/c14-9-1-2-10-15-11-5-7-13(8-6-11)19(17,18)16-12-3-4-12/h1-2,5-8,12,15-16H,3-4,9-10,14H2/b2-1+. The maximum absolute atomic E-state index is 11.9. The quantitative estimate of drug-likeness (QED) is 0.652. The first kappa shape index (κ1) is 14.0. The van der Waals surface area contributed by atoms with Crippen LogP contribution >= 0.6 is 0 Å². The summed E-state index contributed by atoms with van der Waals surface area (Å²) in [6, 6.07) is 6.87. The maximum atomic E-state index is 11.9. The van der Waals surface area contributed by atoms with Gasteiger partial charge in [-0.25, -0.2) is 13.1 Å². The molecule has 104 valence electrons. The molecular weight excluding hydrogens is 262 g/mol. The van der Waals surface area contributed by atoms with Gasteiger partial charge in [-0.3, -0.25) is 0 Å². The van der Waals surface area contributed by atoms with Crippen LogP contribution in [0.5, 0.6) is 0 Å². The minimum atomic E-state index is -3.35. The van der Waals surface area contributed by atoms with Gasteiger partial charge in [0.2, 0.25) is 10.0 Å². The van der Waals surface area contributed by atoms with Gasteiger partial charge < -0.3 is 11.1 Å². The predicted octanol–water partition coefficient (Wildman–Crippen LogP) is 1.05. The van der Waals surface area contributed by atoms with Gasteiger partial charge in [-0.15, -0.1) is 0 Å². The number of benzene rings is 1. The Morgan fingerprint density at radius 3 is 2.47 bits per heavy atom.